The van der Waals surface area contributed by atoms with Crippen LogP contribution in [0, 0.1) is 0 Å². The van der Waals surface area contributed by atoms with E-state index >= 15 is 0 Å². The first-order valence-corrected chi connectivity index (χ1v) is 8.53. The van der Waals surface area contributed by atoms with Crippen molar-refractivity contribution in [1.29, 1.82) is 0 Å². The number of nitrogens with two attached hydrogens (primary N) is 1. The van der Waals surface area contributed by atoms with E-state index in [1.165, 1.54) is 11.3 Å². The summed E-state index contributed by atoms with van der Waals surface area (Å²) in [6.45, 7) is 9.06. The second kappa shape index (κ2) is 7.34. The van der Waals surface area contributed by atoms with E-state index in [1.807, 2.05) is 19.1 Å². The van der Waals surface area contributed by atoms with Crippen LogP contribution in [0.1, 0.15) is 32.4 Å². The molecule has 1 aliphatic rings. The third kappa shape index (κ3) is 3.30. The molecule has 1 aromatic rings. The Labute approximate surface area is 126 Å². The van der Waals surface area contributed by atoms with Crippen molar-refractivity contribution >= 4 is 11.8 Å². The molecule has 1 fully saturated rings. The minimum Gasteiger partial charge on any atom is -0.494 e. The van der Waals surface area contributed by atoms with Crippen molar-refractivity contribution in [2.45, 2.75) is 38.1 Å². The predicted molar refractivity (Wildman–Crippen MR) is 87.5 cm³/mol. The van der Waals surface area contributed by atoms with Crippen molar-refractivity contribution in [3.8, 4) is 5.75 Å². The molecule has 1 aromatic carbocycles. The van der Waals surface area contributed by atoms with Gasteiger partial charge in [-0.1, -0.05) is 25.1 Å². The zero-order chi connectivity index (χ0) is 14.5. The molecule has 0 amide bonds. The molecule has 0 radical (unpaired) electrons. The molecule has 3 atom stereocenters. The van der Waals surface area contributed by atoms with Crippen LogP contribution in [0.15, 0.2) is 24.3 Å². The lowest BCUT2D eigenvalue weighted by atomic mass is 10.0. The average molecular weight is 294 g/mol. The van der Waals surface area contributed by atoms with Gasteiger partial charge in [0.2, 0.25) is 0 Å². The summed E-state index contributed by atoms with van der Waals surface area (Å²) in [4.78, 5) is 2.54. The lowest BCUT2D eigenvalue weighted by molar-refractivity contribution is 0.147. The Morgan fingerprint density at radius 2 is 2.15 bits per heavy atom. The lowest BCUT2D eigenvalue weighted by Crippen LogP contribution is -2.48. The molecule has 3 nitrogen and oxygen atoms in total. The zero-order valence-corrected chi connectivity index (χ0v) is 13.5. The van der Waals surface area contributed by atoms with E-state index < -0.39 is 0 Å². The van der Waals surface area contributed by atoms with Gasteiger partial charge in [0.25, 0.3) is 0 Å². The molecule has 0 aromatic heterocycles. The van der Waals surface area contributed by atoms with Gasteiger partial charge in [0.15, 0.2) is 0 Å². The highest BCUT2D eigenvalue weighted by Crippen LogP contribution is 2.34. The van der Waals surface area contributed by atoms with Gasteiger partial charge in [-0.3, -0.25) is 4.90 Å². The highest BCUT2D eigenvalue weighted by atomic mass is 32.2. The summed E-state index contributed by atoms with van der Waals surface area (Å²) in [5, 5.41) is 0.650. The van der Waals surface area contributed by atoms with Crippen LogP contribution < -0.4 is 10.5 Å². The van der Waals surface area contributed by atoms with Crippen molar-refractivity contribution < 1.29 is 4.74 Å². The molecular weight excluding hydrogens is 268 g/mol. The first kappa shape index (κ1) is 15.7. The van der Waals surface area contributed by atoms with E-state index in [2.05, 4.69) is 42.6 Å². The van der Waals surface area contributed by atoms with Gasteiger partial charge in [-0.15, -0.1) is 0 Å². The van der Waals surface area contributed by atoms with Crippen LogP contribution in [0.25, 0.3) is 0 Å². The van der Waals surface area contributed by atoms with Gasteiger partial charge in [-0.05, 0) is 19.9 Å². The summed E-state index contributed by atoms with van der Waals surface area (Å²) in [5.74, 6) is 2.15. The van der Waals surface area contributed by atoms with Gasteiger partial charge in [0.1, 0.15) is 5.75 Å². The van der Waals surface area contributed by atoms with Gasteiger partial charge in [0, 0.05) is 35.7 Å². The molecular formula is C16H26N2OS. The van der Waals surface area contributed by atoms with E-state index in [1.54, 1.807) is 0 Å². The Balaban J connectivity index is 2.27. The third-order valence-corrected chi connectivity index (χ3v) is 5.47. The van der Waals surface area contributed by atoms with Crippen LogP contribution in [-0.2, 0) is 0 Å². The lowest BCUT2D eigenvalue weighted by Gasteiger charge is -2.42. The smallest absolute Gasteiger partial charge is 0.124 e. The Bertz CT molecular complexity index is 427. The molecule has 1 heterocycles. The number of rotatable bonds is 5. The largest absolute Gasteiger partial charge is 0.494 e. The van der Waals surface area contributed by atoms with Crippen LogP contribution in [-0.4, -0.2) is 41.6 Å². The highest BCUT2D eigenvalue weighted by Gasteiger charge is 2.32. The molecule has 112 valence electrons. The molecule has 2 rings (SSSR count). The molecule has 0 spiro atoms. The fraction of sp³-hybridized carbons (Fsp3) is 0.625. The van der Waals surface area contributed by atoms with E-state index in [0.29, 0.717) is 24.4 Å². The SMILES string of the molecule is CCOc1ccccc1C(CN)N1CCSC(C)C1C. The highest BCUT2D eigenvalue weighted by molar-refractivity contribution is 8.00. The summed E-state index contributed by atoms with van der Waals surface area (Å²) in [5.41, 5.74) is 7.33. The van der Waals surface area contributed by atoms with Crippen molar-refractivity contribution in [3.63, 3.8) is 0 Å². The first-order valence-electron chi connectivity index (χ1n) is 7.48. The monoisotopic (exact) mass is 294 g/mol. The van der Waals surface area contributed by atoms with Crippen LogP contribution in [0.2, 0.25) is 0 Å². The summed E-state index contributed by atoms with van der Waals surface area (Å²) >= 11 is 2.05. The van der Waals surface area contributed by atoms with Gasteiger partial charge < -0.3 is 10.5 Å². The fourth-order valence-electron chi connectivity index (χ4n) is 2.88. The minimum atomic E-state index is 0.246. The summed E-state index contributed by atoms with van der Waals surface area (Å²) in [6, 6.07) is 9.09. The van der Waals surface area contributed by atoms with Gasteiger partial charge >= 0.3 is 0 Å². The Morgan fingerprint density at radius 1 is 1.40 bits per heavy atom. The number of hydrogen-bond acceptors (Lipinski definition) is 4. The van der Waals surface area contributed by atoms with Crippen LogP contribution >= 0.6 is 11.8 Å². The number of nitrogens with zero attached hydrogens (tertiary/aromatic N) is 1. The van der Waals surface area contributed by atoms with Gasteiger partial charge in [-0.2, -0.15) is 11.8 Å². The number of hydrogen-bond donors (Lipinski definition) is 1. The van der Waals surface area contributed by atoms with E-state index in [0.717, 1.165) is 12.3 Å². The van der Waals surface area contributed by atoms with Crippen molar-refractivity contribution in [3.05, 3.63) is 29.8 Å². The number of ether oxygens (including phenoxy) is 1. The maximum absolute atomic E-state index is 6.10. The number of para-hydroxylation sites is 1. The van der Waals surface area contributed by atoms with Crippen LogP contribution in [0.5, 0.6) is 5.75 Å². The fourth-order valence-corrected chi connectivity index (χ4v) is 4.00. The molecule has 4 heteroatoms. The molecule has 3 unspecified atom stereocenters. The zero-order valence-electron chi connectivity index (χ0n) is 12.7. The summed E-state index contributed by atoms with van der Waals surface area (Å²) in [7, 11) is 0. The standard InChI is InChI=1S/C16H26N2OS/c1-4-19-16-8-6-5-7-14(16)15(11-17)18-9-10-20-13(3)12(18)2/h5-8,12-13,15H,4,9-11,17H2,1-3H3. The predicted octanol–water partition coefficient (Wildman–Crippen LogP) is 2.91. The number of thioether (sulfide) groups is 1. The Hall–Kier alpha value is -0.710. The summed E-state index contributed by atoms with van der Waals surface area (Å²) < 4.78 is 5.79. The Morgan fingerprint density at radius 3 is 2.85 bits per heavy atom. The van der Waals surface area contributed by atoms with Crippen LogP contribution in [0.4, 0.5) is 0 Å². The first-order chi connectivity index (χ1) is 9.69. The molecule has 0 aliphatic carbocycles. The van der Waals surface area contributed by atoms with Crippen molar-refractivity contribution in [1.82, 2.24) is 4.90 Å². The normalized spacial score (nSPS) is 25.4. The topological polar surface area (TPSA) is 38.5 Å². The quantitative estimate of drug-likeness (QED) is 0.906. The van der Waals surface area contributed by atoms with Crippen molar-refractivity contribution in [2.24, 2.45) is 5.73 Å². The second-order valence-electron chi connectivity index (χ2n) is 5.28. The van der Waals surface area contributed by atoms with E-state index in [4.69, 9.17) is 10.5 Å². The second-order valence-corrected chi connectivity index (χ2v) is 6.76. The van der Waals surface area contributed by atoms with E-state index in [9.17, 15) is 0 Å². The molecule has 2 N–H and O–H groups in total. The number of benzene rings is 1. The molecule has 1 saturated heterocycles. The van der Waals surface area contributed by atoms with E-state index in [-0.39, 0.29) is 6.04 Å². The van der Waals surface area contributed by atoms with Gasteiger partial charge in [-0.25, -0.2) is 0 Å². The van der Waals surface area contributed by atoms with Gasteiger partial charge in [0.05, 0.1) is 12.6 Å². The van der Waals surface area contributed by atoms with Crippen LogP contribution in [0.3, 0.4) is 0 Å². The third-order valence-electron chi connectivity index (χ3n) is 4.13. The maximum atomic E-state index is 6.10. The van der Waals surface area contributed by atoms with Crippen molar-refractivity contribution in [2.75, 3.05) is 25.4 Å². The molecule has 1 aliphatic heterocycles. The molecule has 0 saturated carbocycles. The maximum Gasteiger partial charge on any atom is 0.124 e. The minimum absolute atomic E-state index is 0.246. The Kier molecular flexibility index (Phi) is 5.75. The summed E-state index contributed by atoms with van der Waals surface area (Å²) in [6.07, 6.45) is 0. The molecule has 20 heavy (non-hydrogen) atoms. The average Bonchev–Trinajstić information content (AvgIpc) is 2.46. The molecule has 0 bridgehead atoms.